The van der Waals surface area contributed by atoms with Crippen molar-refractivity contribution >= 4 is 12.6 Å². The Kier molecular flexibility index (Phi) is 21.3. The summed E-state index contributed by atoms with van der Waals surface area (Å²) in [6, 6.07) is 0. The fourth-order valence-electron chi connectivity index (χ4n) is 1.74. The van der Waals surface area contributed by atoms with E-state index < -0.39 is 0 Å². The van der Waals surface area contributed by atoms with Crippen LogP contribution in [0.2, 0.25) is 0 Å². The molecule has 1 saturated heterocycles. The molecule has 3 heteroatoms. The fraction of sp³-hybridized carbons (Fsp3) is 1.00. The number of hydrogen-bond acceptors (Lipinski definition) is 2. The third-order valence-corrected chi connectivity index (χ3v) is 1.93. The second-order valence-electron chi connectivity index (χ2n) is 3.33. The zero-order chi connectivity index (χ0) is 10.9. The van der Waals surface area contributed by atoms with E-state index in [0.29, 0.717) is 12.2 Å². The minimum absolute atomic E-state index is 0. The van der Waals surface area contributed by atoms with Gasteiger partial charge in [-0.05, 0) is 32.6 Å². The van der Waals surface area contributed by atoms with Crippen LogP contribution in [0.5, 0.6) is 0 Å². The standard InChI is InChI=1S/C8H16O.C2H6.CH4S.U/c1-6-4-7(2)9-8(3)5-6;2*1-2;/h6-8H,4-5H2,1-3H3;1-2H3;2H,1H3;/p-1. The summed E-state index contributed by atoms with van der Waals surface area (Å²) in [7, 11) is 0. The third-order valence-electron chi connectivity index (χ3n) is 1.93. The van der Waals surface area contributed by atoms with Crippen molar-refractivity contribution in [2.24, 2.45) is 5.92 Å². The summed E-state index contributed by atoms with van der Waals surface area (Å²) < 4.78 is 5.56. The third kappa shape index (κ3) is 11.4. The van der Waals surface area contributed by atoms with Gasteiger partial charge in [0.1, 0.15) is 0 Å². The smallest absolute Gasteiger partial charge is 0.0553 e. The van der Waals surface area contributed by atoms with Crippen LogP contribution in [0.4, 0.5) is 0 Å². The number of ether oxygens (including phenoxy) is 1. The van der Waals surface area contributed by atoms with Gasteiger partial charge in [-0.3, -0.25) is 0 Å². The first-order valence-electron chi connectivity index (χ1n) is 5.24. The van der Waals surface area contributed by atoms with Crippen LogP contribution in [0.3, 0.4) is 0 Å². The molecular weight excluding hydrogens is 418 g/mol. The van der Waals surface area contributed by atoms with Gasteiger partial charge >= 0.3 is 0 Å². The summed E-state index contributed by atoms with van der Waals surface area (Å²) in [5.41, 5.74) is 0. The molecular formula is C11H25OSU-. The van der Waals surface area contributed by atoms with E-state index in [0.717, 1.165) is 5.92 Å². The van der Waals surface area contributed by atoms with Crippen molar-refractivity contribution in [1.29, 1.82) is 0 Å². The van der Waals surface area contributed by atoms with Crippen molar-refractivity contribution in [2.45, 2.75) is 59.7 Å². The molecule has 1 nitrogen and oxygen atoms in total. The molecule has 1 heterocycles. The molecule has 2 unspecified atom stereocenters. The van der Waals surface area contributed by atoms with Crippen LogP contribution in [-0.4, -0.2) is 18.5 Å². The van der Waals surface area contributed by atoms with Crippen molar-refractivity contribution in [3.05, 3.63) is 0 Å². The Morgan fingerprint density at radius 1 is 0.929 bits per heavy atom. The average molecular weight is 443 g/mol. The molecule has 14 heavy (non-hydrogen) atoms. The molecule has 0 aromatic carbocycles. The van der Waals surface area contributed by atoms with Gasteiger partial charge in [-0.2, -0.15) is 6.26 Å². The van der Waals surface area contributed by atoms with Gasteiger partial charge in [0.05, 0.1) is 12.2 Å². The van der Waals surface area contributed by atoms with Crippen LogP contribution >= 0.6 is 0 Å². The summed E-state index contributed by atoms with van der Waals surface area (Å²) in [4.78, 5) is 0. The van der Waals surface area contributed by atoms with E-state index in [1.54, 1.807) is 6.26 Å². The molecule has 1 fully saturated rings. The van der Waals surface area contributed by atoms with Crippen LogP contribution in [0.15, 0.2) is 0 Å². The zero-order valence-corrected chi connectivity index (χ0v) is 15.4. The molecule has 1 rings (SSSR count). The topological polar surface area (TPSA) is 9.23 Å². The van der Waals surface area contributed by atoms with Crippen LogP contribution in [-0.2, 0) is 17.4 Å². The molecule has 0 aromatic heterocycles. The Hall–Kier alpha value is 1.36. The molecule has 0 aromatic rings. The van der Waals surface area contributed by atoms with Gasteiger partial charge in [-0.1, -0.05) is 20.8 Å². The van der Waals surface area contributed by atoms with Crippen molar-refractivity contribution in [3.63, 3.8) is 0 Å². The first-order valence-corrected chi connectivity index (χ1v) is 6.06. The predicted molar refractivity (Wildman–Crippen MR) is 63.0 cm³/mol. The average Bonchev–Trinajstić information content (AvgIpc) is 2.09. The van der Waals surface area contributed by atoms with Crippen molar-refractivity contribution < 1.29 is 35.9 Å². The summed E-state index contributed by atoms with van der Waals surface area (Å²) in [5, 5.41) is 0. The first-order chi connectivity index (χ1) is 6.18. The van der Waals surface area contributed by atoms with Gasteiger partial charge in [0.25, 0.3) is 0 Å². The summed E-state index contributed by atoms with van der Waals surface area (Å²) in [6.07, 6.45) is 5.04. The molecule has 0 N–H and O–H groups in total. The maximum absolute atomic E-state index is 5.56. The maximum Gasteiger partial charge on any atom is 0.0553 e. The predicted octanol–water partition coefficient (Wildman–Crippen LogP) is 3.40. The van der Waals surface area contributed by atoms with E-state index in [2.05, 4.69) is 33.4 Å². The first kappa shape index (κ1) is 20.7. The van der Waals surface area contributed by atoms with Crippen LogP contribution in [0.1, 0.15) is 47.5 Å². The van der Waals surface area contributed by atoms with Crippen molar-refractivity contribution in [3.8, 4) is 0 Å². The second-order valence-corrected chi connectivity index (χ2v) is 3.33. The summed E-state index contributed by atoms with van der Waals surface area (Å²) in [6.45, 7) is 10.6. The minimum atomic E-state index is 0. The Balaban J connectivity index is -0.000000216. The van der Waals surface area contributed by atoms with E-state index in [1.807, 2.05) is 13.8 Å². The molecule has 0 bridgehead atoms. The van der Waals surface area contributed by atoms with Crippen LogP contribution in [0.25, 0.3) is 0 Å². The number of hydrogen-bond donors (Lipinski definition) is 0. The Labute approximate surface area is 120 Å². The Morgan fingerprint density at radius 3 is 1.43 bits per heavy atom. The molecule has 0 spiro atoms. The Morgan fingerprint density at radius 2 is 1.21 bits per heavy atom. The molecule has 0 aliphatic carbocycles. The zero-order valence-electron chi connectivity index (χ0n) is 10.5. The molecule has 0 amide bonds. The summed E-state index contributed by atoms with van der Waals surface area (Å²) in [5.74, 6) is 0.865. The largest absolute Gasteiger partial charge is 0.796 e. The van der Waals surface area contributed by atoms with Gasteiger partial charge in [0, 0.05) is 31.1 Å². The van der Waals surface area contributed by atoms with E-state index in [-0.39, 0.29) is 31.1 Å². The van der Waals surface area contributed by atoms with E-state index in [9.17, 15) is 0 Å². The molecule has 1 aliphatic heterocycles. The molecule has 86 valence electrons. The van der Waals surface area contributed by atoms with E-state index in [4.69, 9.17) is 4.74 Å². The van der Waals surface area contributed by atoms with Gasteiger partial charge in [-0.25, -0.2) is 0 Å². The minimum Gasteiger partial charge on any atom is -0.796 e. The Bertz CT molecular complexity index is 76.3. The number of rotatable bonds is 0. The molecule has 0 saturated carbocycles. The van der Waals surface area contributed by atoms with Gasteiger partial charge in [0.15, 0.2) is 0 Å². The SMILES string of the molecule is CC.CC1CC(C)OC(C)C1.C[S-].[U]. The molecule has 2 atom stereocenters. The van der Waals surface area contributed by atoms with Gasteiger partial charge in [0.2, 0.25) is 0 Å². The second kappa shape index (κ2) is 14.4. The van der Waals surface area contributed by atoms with Crippen molar-refractivity contribution in [2.75, 3.05) is 6.26 Å². The normalized spacial score (nSPS) is 29.8. The monoisotopic (exact) mass is 443 g/mol. The van der Waals surface area contributed by atoms with Crippen LogP contribution < -0.4 is 0 Å². The van der Waals surface area contributed by atoms with Gasteiger partial charge < -0.3 is 17.4 Å². The van der Waals surface area contributed by atoms with E-state index >= 15 is 0 Å². The molecule has 1 aliphatic rings. The fourth-order valence-corrected chi connectivity index (χ4v) is 1.74. The van der Waals surface area contributed by atoms with Crippen LogP contribution in [0, 0.1) is 37.0 Å². The summed E-state index contributed by atoms with van der Waals surface area (Å²) >= 11 is 4.08. The maximum atomic E-state index is 5.56. The molecule has 0 radical (unpaired) electrons. The van der Waals surface area contributed by atoms with E-state index in [1.165, 1.54) is 12.8 Å². The van der Waals surface area contributed by atoms with Crippen molar-refractivity contribution in [1.82, 2.24) is 0 Å². The van der Waals surface area contributed by atoms with Gasteiger partial charge in [-0.15, -0.1) is 0 Å². The quantitative estimate of drug-likeness (QED) is 0.531.